The second kappa shape index (κ2) is 4.79. The van der Waals surface area contributed by atoms with Crippen LogP contribution in [0.15, 0.2) is 0 Å². The number of rotatable bonds is 4. The van der Waals surface area contributed by atoms with E-state index in [4.69, 9.17) is 15.3 Å². The molecule has 3 unspecified atom stereocenters. The van der Waals surface area contributed by atoms with Crippen molar-refractivity contribution in [2.75, 3.05) is 12.4 Å². The molecule has 3 N–H and O–H groups in total. The first-order valence-corrected chi connectivity index (χ1v) is 4.32. The molecule has 0 saturated heterocycles. The summed E-state index contributed by atoms with van der Waals surface area (Å²) in [5, 5.41) is 25.8. The largest absolute Gasteiger partial charge is 0.395 e. The standard InChI is InChI=1S/C5H12O4S/c1-4(7)5(8)10(9)3-2-6/h4-8H,2-3H2,1H3. The third kappa shape index (κ3) is 3.26. The van der Waals surface area contributed by atoms with Gasteiger partial charge >= 0.3 is 0 Å². The van der Waals surface area contributed by atoms with E-state index in [0.717, 1.165) is 0 Å². The predicted octanol–water partition coefficient (Wildman–Crippen LogP) is -1.57. The number of hydrogen-bond donors (Lipinski definition) is 3. The molecule has 0 saturated carbocycles. The van der Waals surface area contributed by atoms with Gasteiger partial charge in [-0.2, -0.15) is 0 Å². The Morgan fingerprint density at radius 3 is 2.30 bits per heavy atom. The Labute approximate surface area is 62.0 Å². The van der Waals surface area contributed by atoms with Gasteiger partial charge < -0.3 is 15.3 Å². The molecular weight excluding hydrogens is 156 g/mol. The van der Waals surface area contributed by atoms with E-state index in [9.17, 15) is 4.21 Å². The Morgan fingerprint density at radius 2 is 2.00 bits per heavy atom. The topological polar surface area (TPSA) is 77.8 Å². The Hall–Kier alpha value is 0.0300. The second-order valence-electron chi connectivity index (χ2n) is 1.94. The molecule has 0 amide bonds. The van der Waals surface area contributed by atoms with E-state index in [1.807, 2.05) is 0 Å². The molecule has 10 heavy (non-hydrogen) atoms. The van der Waals surface area contributed by atoms with Gasteiger partial charge in [0.2, 0.25) is 0 Å². The van der Waals surface area contributed by atoms with Crippen LogP contribution in [0.25, 0.3) is 0 Å². The van der Waals surface area contributed by atoms with Gasteiger partial charge in [-0.05, 0) is 6.92 Å². The first-order chi connectivity index (χ1) is 4.59. The minimum absolute atomic E-state index is 0.00602. The predicted molar refractivity (Wildman–Crippen MR) is 37.8 cm³/mol. The number of hydrogen-bond acceptors (Lipinski definition) is 4. The lowest BCUT2D eigenvalue weighted by Crippen LogP contribution is -2.29. The van der Waals surface area contributed by atoms with E-state index in [0.29, 0.717) is 0 Å². The first kappa shape index (κ1) is 10.0. The quantitative estimate of drug-likeness (QED) is 0.474. The van der Waals surface area contributed by atoms with Crippen LogP contribution in [0.4, 0.5) is 0 Å². The molecule has 62 valence electrons. The molecule has 0 aromatic carbocycles. The van der Waals surface area contributed by atoms with E-state index in [-0.39, 0.29) is 12.4 Å². The fraction of sp³-hybridized carbons (Fsp3) is 1.00. The summed E-state index contributed by atoms with van der Waals surface area (Å²) in [6.45, 7) is 1.11. The summed E-state index contributed by atoms with van der Waals surface area (Å²) in [5.74, 6) is 0.00602. The summed E-state index contributed by atoms with van der Waals surface area (Å²) in [7, 11) is -1.54. The van der Waals surface area contributed by atoms with Crippen LogP contribution in [0.5, 0.6) is 0 Å². The highest BCUT2D eigenvalue weighted by atomic mass is 32.2. The molecule has 0 aromatic rings. The van der Waals surface area contributed by atoms with Gasteiger partial charge in [0.25, 0.3) is 0 Å². The van der Waals surface area contributed by atoms with Gasteiger partial charge in [0.1, 0.15) is 0 Å². The summed E-state index contributed by atoms with van der Waals surface area (Å²) < 4.78 is 10.7. The van der Waals surface area contributed by atoms with Crippen molar-refractivity contribution in [1.82, 2.24) is 0 Å². The van der Waals surface area contributed by atoms with Gasteiger partial charge in [0.15, 0.2) is 5.44 Å². The Bertz CT molecular complexity index is 114. The van der Waals surface area contributed by atoms with Gasteiger partial charge in [-0.1, -0.05) is 0 Å². The highest BCUT2D eigenvalue weighted by Crippen LogP contribution is 1.97. The molecule has 3 atom stereocenters. The second-order valence-corrected chi connectivity index (χ2v) is 3.59. The van der Waals surface area contributed by atoms with Gasteiger partial charge in [-0.3, -0.25) is 4.21 Å². The maximum absolute atomic E-state index is 10.7. The zero-order chi connectivity index (χ0) is 8.15. The first-order valence-electron chi connectivity index (χ1n) is 2.93. The number of aliphatic hydroxyl groups excluding tert-OH is 3. The van der Waals surface area contributed by atoms with E-state index in [1.54, 1.807) is 0 Å². The molecular formula is C5H12O4S. The fourth-order valence-electron chi connectivity index (χ4n) is 0.430. The van der Waals surface area contributed by atoms with Crippen LogP contribution >= 0.6 is 0 Å². The zero-order valence-electron chi connectivity index (χ0n) is 5.73. The molecule has 0 rings (SSSR count). The molecule has 0 radical (unpaired) electrons. The van der Waals surface area contributed by atoms with Crippen molar-refractivity contribution < 1.29 is 19.5 Å². The highest BCUT2D eigenvalue weighted by Gasteiger charge is 2.17. The van der Waals surface area contributed by atoms with Crippen LogP contribution < -0.4 is 0 Å². The highest BCUT2D eigenvalue weighted by molar-refractivity contribution is 7.85. The third-order valence-corrected chi connectivity index (χ3v) is 2.49. The average molecular weight is 168 g/mol. The summed E-state index contributed by atoms with van der Waals surface area (Å²) in [6, 6.07) is 0. The SMILES string of the molecule is CC(O)C(O)S(=O)CCO. The Balaban J connectivity index is 3.71. The molecule has 0 spiro atoms. The van der Waals surface area contributed by atoms with Crippen molar-refractivity contribution in [3.05, 3.63) is 0 Å². The molecule has 0 fully saturated rings. The smallest absolute Gasteiger partial charge is 0.154 e. The van der Waals surface area contributed by atoms with Crippen molar-refractivity contribution in [3.63, 3.8) is 0 Å². The lowest BCUT2D eigenvalue weighted by molar-refractivity contribution is 0.0839. The summed E-state index contributed by atoms with van der Waals surface area (Å²) in [6.07, 6.45) is -1.01. The van der Waals surface area contributed by atoms with Crippen LogP contribution in [0.2, 0.25) is 0 Å². The summed E-state index contributed by atoms with van der Waals surface area (Å²) in [4.78, 5) is 0. The average Bonchev–Trinajstić information content (AvgIpc) is 1.87. The number of aliphatic hydroxyl groups is 3. The monoisotopic (exact) mass is 168 g/mol. The van der Waals surface area contributed by atoms with Gasteiger partial charge in [0.05, 0.1) is 23.5 Å². The van der Waals surface area contributed by atoms with Crippen molar-refractivity contribution in [1.29, 1.82) is 0 Å². The summed E-state index contributed by atoms with van der Waals surface area (Å²) >= 11 is 0. The maximum Gasteiger partial charge on any atom is 0.154 e. The lowest BCUT2D eigenvalue weighted by atomic mass is 10.4. The van der Waals surface area contributed by atoms with Crippen LogP contribution in [0.1, 0.15) is 6.92 Å². The minimum atomic E-state index is -1.54. The fourth-order valence-corrected chi connectivity index (χ4v) is 1.29. The third-order valence-electron chi connectivity index (χ3n) is 0.974. The van der Waals surface area contributed by atoms with Crippen molar-refractivity contribution in [3.8, 4) is 0 Å². The summed E-state index contributed by atoms with van der Waals surface area (Å²) in [5.41, 5.74) is -1.24. The van der Waals surface area contributed by atoms with Crippen LogP contribution in [0.3, 0.4) is 0 Å². The molecule has 4 nitrogen and oxygen atoms in total. The maximum atomic E-state index is 10.7. The van der Waals surface area contributed by atoms with Crippen molar-refractivity contribution >= 4 is 10.8 Å². The molecule has 0 bridgehead atoms. The lowest BCUT2D eigenvalue weighted by Gasteiger charge is -2.11. The minimum Gasteiger partial charge on any atom is -0.395 e. The van der Waals surface area contributed by atoms with Crippen LogP contribution in [0, 0.1) is 0 Å². The van der Waals surface area contributed by atoms with Crippen molar-refractivity contribution in [2.45, 2.75) is 18.5 Å². The van der Waals surface area contributed by atoms with Crippen LogP contribution in [-0.4, -0.2) is 43.4 Å². The van der Waals surface area contributed by atoms with E-state index in [1.165, 1.54) is 6.92 Å². The van der Waals surface area contributed by atoms with Gasteiger partial charge in [0, 0.05) is 5.75 Å². The molecule has 0 aliphatic carbocycles. The zero-order valence-corrected chi connectivity index (χ0v) is 6.54. The van der Waals surface area contributed by atoms with E-state index in [2.05, 4.69) is 0 Å². The van der Waals surface area contributed by atoms with Gasteiger partial charge in [-0.25, -0.2) is 0 Å². The van der Waals surface area contributed by atoms with E-state index >= 15 is 0 Å². The molecule has 0 aliphatic heterocycles. The van der Waals surface area contributed by atoms with Crippen LogP contribution in [-0.2, 0) is 10.8 Å². The molecule has 5 heteroatoms. The molecule has 0 aromatic heterocycles. The normalized spacial score (nSPS) is 20.0. The molecule has 0 heterocycles. The Morgan fingerprint density at radius 1 is 1.50 bits per heavy atom. The van der Waals surface area contributed by atoms with Crippen molar-refractivity contribution in [2.24, 2.45) is 0 Å². The van der Waals surface area contributed by atoms with E-state index < -0.39 is 22.3 Å². The Kier molecular flexibility index (Phi) is 4.80. The van der Waals surface area contributed by atoms with Gasteiger partial charge in [-0.15, -0.1) is 0 Å². The molecule has 0 aliphatic rings.